The zero-order valence-electron chi connectivity index (χ0n) is 17.9. The molecule has 2 aliphatic heterocycles. The summed E-state index contributed by atoms with van der Waals surface area (Å²) < 4.78 is 42.4. The van der Waals surface area contributed by atoms with Crippen molar-refractivity contribution in [2.75, 3.05) is 13.6 Å². The van der Waals surface area contributed by atoms with Gasteiger partial charge in [-0.15, -0.1) is 0 Å². The Morgan fingerprint density at radius 3 is 2.44 bits per heavy atom. The van der Waals surface area contributed by atoms with Gasteiger partial charge in [-0.25, -0.2) is 0 Å². The molecule has 2 aliphatic rings. The molecule has 9 heteroatoms. The standard InChI is InChI=1S/C25H17F3N4O2/c1-31-7-8-32-21-11(10-31)3-2-4-14(21)17-19-18(23(33)30-24(19)34)16-13-6-5-12(25(26,27)28)9-15(13)29-20(16)22(17)32/h2-6,9,29H,7-8,10H2,1H3,(H,30,33,34). The van der Waals surface area contributed by atoms with E-state index in [0.29, 0.717) is 33.8 Å². The van der Waals surface area contributed by atoms with E-state index in [2.05, 4.69) is 19.8 Å². The molecule has 2 amide bonds. The number of alkyl halides is 3. The number of carbonyl (C=O) groups excluding carboxylic acids is 2. The number of aromatic amines is 1. The van der Waals surface area contributed by atoms with E-state index in [1.165, 1.54) is 6.07 Å². The SMILES string of the molecule is CN1CCn2c3c(cccc3c3c4c(c5c6ccc(C(F)(F)F)cc6[nH]c5c32)C(=O)NC4=O)C1. The van der Waals surface area contributed by atoms with E-state index in [0.717, 1.165) is 47.2 Å². The van der Waals surface area contributed by atoms with Crippen LogP contribution in [0.3, 0.4) is 0 Å². The Hall–Kier alpha value is -3.85. The lowest BCUT2D eigenvalue weighted by molar-refractivity contribution is -0.137. The van der Waals surface area contributed by atoms with Gasteiger partial charge in [0, 0.05) is 46.7 Å². The Bertz CT molecular complexity index is 1760. The molecule has 34 heavy (non-hydrogen) atoms. The van der Waals surface area contributed by atoms with Crippen LogP contribution >= 0.6 is 0 Å². The quantitative estimate of drug-likeness (QED) is 0.326. The Kier molecular flexibility index (Phi) is 3.56. The predicted molar refractivity (Wildman–Crippen MR) is 122 cm³/mol. The second-order valence-electron chi connectivity index (χ2n) is 9.09. The van der Waals surface area contributed by atoms with E-state index in [9.17, 15) is 22.8 Å². The minimum Gasteiger partial charge on any atom is -0.353 e. The number of amides is 2. The summed E-state index contributed by atoms with van der Waals surface area (Å²) in [7, 11) is 2.04. The van der Waals surface area contributed by atoms with Gasteiger partial charge in [0.2, 0.25) is 0 Å². The smallest absolute Gasteiger partial charge is 0.353 e. The van der Waals surface area contributed by atoms with E-state index in [1.54, 1.807) is 0 Å². The number of hydrogen-bond acceptors (Lipinski definition) is 3. The van der Waals surface area contributed by atoms with Crippen LogP contribution in [0.1, 0.15) is 31.8 Å². The van der Waals surface area contributed by atoms with Crippen molar-refractivity contribution in [1.29, 1.82) is 0 Å². The highest BCUT2D eigenvalue weighted by Gasteiger charge is 2.37. The molecule has 2 aromatic heterocycles. The first kappa shape index (κ1) is 19.6. The topological polar surface area (TPSA) is 70.1 Å². The van der Waals surface area contributed by atoms with Gasteiger partial charge < -0.3 is 14.5 Å². The zero-order chi connectivity index (χ0) is 23.5. The number of para-hydroxylation sites is 1. The number of carbonyl (C=O) groups is 2. The lowest BCUT2D eigenvalue weighted by atomic mass is 9.96. The number of nitrogens with one attached hydrogen (secondary N) is 2. The number of hydrogen-bond donors (Lipinski definition) is 2. The predicted octanol–water partition coefficient (Wildman–Crippen LogP) is 4.78. The number of fused-ring (bicyclic) bond motifs is 10. The number of H-pyrrole nitrogens is 1. The van der Waals surface area contributed by atoms with Gasteiger partial charge in [-0.2, -0.15) is 13.2 Å². The largest absolute Gasteiger partial charge is 0.416 e. The van der Waals surface area contributed by atoms with Crippen molar-refractivity contribution in [3.8, 4) is 0 Å². The van der Waals surface area contributed by atoms with Gasteiger partial charge in [-0.05, 0) is 24.7 Å². The van der Waals surface area contributed by atoms with Crippen molar-refractivity contribution in [2.45, 2.75) is 19.3 Å². The molecular weight excluding hydrogens is 445 g/mol. The van der Waals surface area contributed by atoms with Gasteiger partial charge in [-0.3, -0.25) is 14.9 Å². The maximum absolute atomic E-state index is 13.4. The fourth-order valence-electron chi connectivity index (χ4n) is 5.73. The monoisotopic (exact) mass is 462 g/mol. The highest BCUT2D eigenvalue weighted by atomic mass is 19.4. The van der Waals surface area contributed by atoms with Crippen molar-refractivity contribution in [3.05, 3.63) is 58.7 Å². The Morgan fingerprint density at radius 1 is 0.912 bits per heavy atom. The number of benzene rings is 3. The highest BCUT2D eigenvalue weighted by molar-refractivity contribution is 6.39. The molecule has 170 valence electrons. The molecule has 0 unspecified atom stereocenters. The van der Waals surface area contributed by atoms with E-state index >= 15 is 0 Å². The molecule has 0 atom stereocenters. The lowest BCUT2D eigenvalue weighted by Gasteiger charge is -2.13. The molecule has 0 saturated heterocycles. The Labute approximate surface area is 189 Å². The molecule has 3 aromatic carbocycles. The highest BCUT2D eigenvalue weighted by Crippen LogP contribution is 2.45. The summed E-state index contributed by atoms with van der Waals surface area (Å²) in [5, 5.41) is 4.89. The number of imide groups is 1. The van der Waals surface area contributed by atoms with Crippen molar-refractivity contribution in [1.82, 2.24) is 19.8 Å². The zero-order valence-corrected chi connectivity index (χ0v) is 17.9. The van der Waals surface area contributed by atoms with Gasteiger partial charge in [0.1, 0.15) is 0 Å². The molecule has 7 rings (SSSR count). The van der Waals surface area contributed by atoms with Crippen LogP contribution < -0.4 is 5.32 Å². The van der Waals surface area contributed by atoms with Gasteiger partial charge in [0.25, 0.3) is 11.8 Å². The van der Waals surface area contributed by atoms with Crippen molar-refractivity contribution < 1.29 is 22.8 Å². The molecule has 5 aromatic rings. The van der Waals surface area contributed by atoms with Crippen molar-refractivity contribution in [2.24, 2.45) is 0 Å². The maximum atomic E-state index is 13.4. The van der Waals surface area contributed by atoms with Crippen LogP contribution in [0.2, 0.25) is 0 Å². The number of halogens is 3. The molecule has 6 nitrogen and oxygen atoms in total. The van der Waals surface area contributed by atoms with Crippen LogP contribution in [-0.4, -0.2) is 39.9 Å². The fourth-order valence-corrected chi connectivity index (χ4v) is 5.73. The number of nitrogens with zero attached hydrogens (tertiary/aromatic N) is 2. The number of rotatable bonds is 0. The van der Waals surface area contributed by atoms with E-state index in [1.807, 2.05) is 25.2 Å². The lowest BCUT2D eigenvalue weighted by Crippen LogP contribution is -2.20. The van der Waals surface area contributed by atoms with E-state index in [4.69, 9.17) is 0 Å². The van der Waals surface area contributed by atoms with Crippen molar-refractivity contribution in [3.63, 3.8) is 0 Å². The average Bonchev–Trinajstić information content (AvgIpc) is 3.36. The summed E-state index contributed by atoms with van der Waals surface area (Å²) >= 11 is 0. The molecule has 4 heterocycles. The second kappa shape index (κ2) is 6.18. The summed E-state index contributed by atoms with van der Waals surface area (Å²) in [6, 6.07) is 9.37. The molecule has 0 saturated carbocycles. The van der Waals surface area contributed by atoms with Crippen LogP contribution in [0.25, 0.3) is 43.6 Å². The number of likely N-dealkylation sites (N-methyl/N-ethyl adjacent to an activating group) is 1. The van der Waals surface area contributed by atoms with Crippen LogP contribution in [-0.2, 0) is 19.3 Å². The third-order valence-electron chi connectivity index (χ3n) is 7.11. The Morgan fingerprint density at radius 2 is 1.68 bits per heavy atom. The van der Waals surface area contributed by atoms with Crippen LogP contribution in [0, 0.1) is 0 Å². The summed E-state index contributed by atoms with van der Waals surface area (Å²) in [5.74, 6) is -1.01. The minimum atomic E-state index is -4.50. The summed E-state index contributed by atoms with van der Waals surface area (Å²) in [6.07, 6.45) is -4.50. The maximum Gasteiger partial charge on any atom is 0.416 e. The van der Waals surface area contributed by atoms with Gasteiger partial charge in [-0.1, -0.05) is 24.3 Å². The van der Waals surface area contributed by atoms with Crippen LogP contribution in [0.15, 0.2) is 36.4 Å². The van der Waals surface area contributed by atoms with Crippen LogP contribution in [0.5, 0.6) is 0 Å². The first-order valence-corrected chi connectivity index (χ1v) is 10.9. The molecule has 0 fully saturated rings. The third-order valence-corrected chi connectivity index (χ3v) is 7.11. The summed E-state index contributed by atoms with van der Waals surface area (Å²) in [4.78, 5) is 31.4. The second-order valence-corrected chi connectivity index (χ2v) is 9.09. The first-order valence-electron chi connectivity index (χ1n) is 10.9. The molecule has 0 radical (unpaired) electrons. The Balaban J connectivity index is 1.75. The fraction of sp³-hybridized carbons (Fsp3) is 0.200. The third kappa shape index (κ3) is 2.34. The van der Waals surface area contributed by atoms with Gasteiger partial charge in [0.05, 0.1) is 33.2 Å². The molecule has 0 aliphatic carbocycles. The molecule has 0 bridgehead atoms. The van der Waals surface area contributed by atoms with Gasteiger partial charge >= 0.3 is 6.18 Å². The normalized spacial score (nSPS) is 16.7. The van der Waals surface area contributed by atoms with E-state index in [-0.39, 0.29) is 11.1 Å². The average molecular weight is 462 g/mol. The molecule has 0 spiro atoms. The van der Waals surface area contributed by atoms with Crippen LogP contribution in [0.4, 0.5) is 13.2 Å². The first-order chi connectivity index (χ1) is 16.2. The van der Waals surface area contributed by atoms with Crippen molar-refractivity contribution >= 4 is 55.4 Å². The molecule has 2 N–H and O–H groups in total. The molecular formula is C25H17F3N4O2. The summed E-state index contributed by atoms with van der Waals surface area (Å²) in [6.45, 7) is 2.13. The van der Waals surface area contributed by atoms with E-state index < -0.39 is 23.6 Å². The van der Waals surface area contributed by atoms with Gasteiger partial charge in [0.15, 0.2) is 0 Å². The minimum absolute atomic E-state index is 0.220. The summed E-state index contributed by atoms with van der Waals surface area (Å²) in [5.41, 5.74) is 3.40. The number of aromatic nitrogens is 2.